The summed E-state index contributed by atoms with van der Waals surface area (Å²) in [6.45, 7) is 1.80. The first-order valence-electron chi connectivity index (χ1n) is 7.35. The van der Waals surface area contributed by atoms with Crippen molar-refractivity contribution < 1.29 is 4.21 Å². The molecule has 0 saturated carbocycles. The Morgan fingerprint density at radius 1 is 1.24 bits per heavy atom. The van der Waals surface area contributed by atoms with Gasteiger partial charge in [0.1, 0.15) is 0 Å². The van der Waals surface area contributed by atoms with Gasteiger partial charge in [0, 0.05) is 18.9 Å². The van der Waals surface area contributed by atoms with E-state index < -0.39 is 10.6 Å². The van der Waals surface area contributed by atoms with Crippen LogP contribution in [-0.2, 0) is 14.8 Å². The van der Waals surface area contributed by atoms with Gasteiger partial charge < -0.3 is 8.57 Å². The number of aryl methyl sites for hydroxylation is 1. The van der Waals surface area contributed by atoms with Crippen molar-refractivity contribution in [2.24, 2.45) is 4.36 Å². The monoisotopic (exact) mass is 352 g/mol. The van der Waals surface area contributed by atoms with Gasteiger partial charge in [-0.05, 0) is 30.7 Å². The number of nitrogens with one attached hydrogen (secondary N) is 1. The number of hydrogen-bond acceptors (Lipinski definition) is 6. The minimum Gasteiger partial charge on any atom is -0.440 e. The Bertz CT molecular complexity index is 1100. The van der Waals surface area contributed by atoms with Gasteiger partial charge in [-0.15, -0.1) is 0 Å². The van der Waals surface area contributed by atoms with Crippen molar-refractivity contribution in [3.05, 3.63) is 64.2 Å². The summed E-state index contributed by atoms with van der Waals surface area (Å²) in [6.07, 6.45) is 1.43. The molecule has 0 aliphatic carbocycles. The average Bonchev–Trinajstić information content (AvgIpc) is 2.95. The van der Waals surface area contributed by atoms with E-state index in [1.54, 1.807) is 43.3 Å². The molecule has 2 heterocycles. The molecule has 1 aromatic carbocycles. The van der Waals surface area contributed by atoms with Crippen LogP contribution in [0.3, 0.4) is 0 Å². The van der Waals surface area contributed by atoms with Crippen molar-refractivity contribution in [2.75, 3.05) is 7.05 Å². The summed E-state index contributed by atoms with van der Waals surface area (Å²) >= 11 is 0. The average molecular weight is 352 g/mol. The number of aromatic nitrogens is 3. The molecule has 0 spiro atoms. The highest BCUT2D eigenvalue weighted by Crippen LogP contribution is 2.20. The van der Waals surface area contributed by atoms with Gasteiger partial charge in [-0.3, -0.25) is 9.89 Å². The summed E-state index contributed by atoms with van der Waals surface area (Å²) in [4.78, 5) is 17.4. The summed E-state index contributed by atoms with van der Waals surface area (Å²) in [5, 5.41) is 11.9. The molecule has 0 aliphatic heterocycles. The molecular formula is C17H14N5O2S-. The van der Waals surface area contributed by atoms with E-state index in [-0.39, 0.29) is 5.56 Å². The highest BCUT2D eigenvalue weighted by molar-refractivity contribution is 7.74. The topological polar surface area (TPSA) is 104 Å². The Morgan fingerprint density at radius 2 is 1.96 bits per heavy atom. The van der Waals surface area contributed by atoms with E-state index in [0.29, 0.717) is 27.5 Å². The third-order valence-electron chi connectivity index (χ3n) is 3.69. The van der Waals surface area contributed by atoms with Crippen molar-refractivity contribution in [2.45, 2.75) is 11.8 Å². The summed E-state index contributed by atoms with van der Waals surface area (Å²) in [6, 6.07) is 12.1. The number of benzene rings is 1. The molecule has 1 N–H and O–H groups in total. The van der Waals surface area contributed by atoms with Gasteiger partial charge in [0.2, 0.25) is 0 Å². The van der Waals surface area contributed by atoms with Crippen LogP contribution in [0.25, 0.3) is 16.9 Å². The molecule has 7 nitrogen and oxygen atoms in total. The van der Waals surface area contributed by atoms with Crippen LogP contribution in [-0.4, -0.2) is 21.8 Å². The molecule has 0 unspecified atom stereocenters. The van der Waals surface area contributed by atoms with E-state index >= 15 is 0 Å². The third kappa shape index (κ3) is 3.09. The Kier molecular flexibility index (Phi) is 4.50. The summed E-state index contributed by atoms with van der Waals surface area (Å²) in [7, 11) is 0.0110. The lowest BCUT2D eigenvalue weighted by Gasteiger charge is -2.05. The molecule has 3 rings (SSSR count). The zero-order chi connectivity index (χ0) is 18.0. The van der Waals surface area contributed by atoms with Gasteiger partial charge in [-0.25, -0.2) is 9.67 Å². The molecule has 0 amide bonds. The summed E-state index contributed by atoms with van der Waals surface area (Å²) in [5.41, 5.74) is 2.21. The molecule has 2 aromatic heterocycles. The van der Waals surface area contributed by atoms with E-state index in [2.05, 4.69) is 20.5 Å². The predicted molar refractivity (Wildman–Crippen MR) is 93.7 cm³/mol. The molecule has 0 radical (unpaired) electrons. The molecular weight excluding hydrogens is 338 g/mol. The van der Waals surface area contributed by atoms with E-state index in [1.807, 2.05) is 0 Å². The molecule has 3 aromatic rings. The largest absolute Gasteiger partial charge is 0.440 e. The lowest BCUT2D eigenvalue weighted by atomic mass is 10.1. The zero-order valence-corrected chi connectivity index (χ0v) is 14.4. The van der Waals surface area contributed by atoms with Crippen molar-refractivity contribution in [1.29, 1.82) is 5.26 Å². The maximum atomic E-state index is 12.8. The number of hydrogen-bond donors (Lipinski definition) is 1. The maximum Gasteiger partial charge on any atom is 0.280 e. The van der Waals surface area contributed by atoms with Gasteiger partial charge in [0.05, 0.1) is 17.2 Å². The molecule has 0 atom stereocenters. The van der Waals surface area contributed by atoms with Crippen LogP contribution in [0.1, 0.15) is 11.3 Å². The minimum atomic E-state index is -1.45. The molecule has 25 heavy (non-hydrogen) atoms. The summed E-state index contributed by atoms with van der Waals surface area (Å²) in [5.74, 6) is 0.393. The van der Waals surface area contributed by atoms with Gasteiger partial charge in [-0.1, -0.05) is 23.1 Å². The van der Waals surface area contributed by atoms with Crippen LogP contribution in [0.15, 0.2) is 56.6 Å². The molecule has 126 valence electrons. The first-order valence-corrected chi connectivity index (χ1v) is 8.46. The third-order valence-corrected chi connectivity index (χ3v) is 4.67. The fourth-order valence-electron chi connectivity index (χ4n) is 2.47. The van der Waals surface area contributed by atoms with Crippen LogP contribution >= 0.6 is 0 Å². The second kappa shape index (κ2) is 6.75. The lowest BCUT2D eigenvalue weighted by Crippen LogP contribution is -2.16. The van der Waals surface area contributed by atoms with Gasteiger partial charge in [-0.2, -0.15) is 15.9 Å². The lowest BCUT2D eigenvalue weighted by molar-refractivity contribution is 0.599. The Labute approximate surface area is 145 Å². The second-order valence-corrected chi connectivity index (χ2v) is 6.56. The van der Waals surface area contributed by atoms with Crippen LogP contribution in [0.4, 0.5) is 0 Å². The zero-order valence-electron chi connectivity index (χ0n) is 13.6. The smallest absolute Gasteiger partial charge is 0.280 e. The van der Waals surface area contributed by atoms with Gasteiger partial charge in [0.25, 0.3) is 5.56 Å². The number of nitrogens with zero attached hydrogens (tertiary/aromatic N) is 4. The normalized spacial score (nSPS) is 12.0. The molecule has 8 heteroatoms. The van der Waals surface area contributed by atoms with Crippen molar-refractivity contribution >= 4 is 10.6 Å². The number of nitriles is 1. The Morgan fingerprint density at radius 3 is 2.52 bits per heavy atom. The van der Waals surface area contributed by atoms with Crippen LogP contribution in [0, 0.1) is 18.3 Å². The number of pyridine rings is 1. The molecule has 0 saturated heterocycles. The van der Waals surface area contributed by atoms with E-state index in [9.17, 15) is 9.00 Å². The second-order valence-electron chi connectivity index (χ2n) is 5.23. The van der Waals surface area contributed by atoms with E-state index in [0.717, 1.165) is 5.56 Å². The number of aromatic amines is 1. The maximum absolute atomic E-state index is 12.8. The van der Waals surface area contributed by atoms with Crippen LogP contribution in [0.5, 0.6) is 0 Å². The van der Waals surface area contributed by atoms with E-state index in [4.69, 9.17) is 5.26 Å². The first-order chi connectivity index (χ1) is 12.0. The van der Waals surface area contributed by atoms with Crippen molar-refractivity contribution in [3.8, 4) is 23.0 Å². The number of rotatable bonds is 3. The summed E-state index contributed by atoms with van der Waals surface area (Å²) < 4.78 is 16.6. The number of H-pyrrole nitrogens is 1. The predicted octanol–water partition coefficient (Wildman–Crippen LogP) is 2.54. The molecule has 0 fully saturated rings. The Balaban J connectivity index is 2.06. The van der Waals surface area contributed by atoms with Crippen LogP contribution < -0.4 is 5.56 Å². The highest BCUT2D eigenvalue weighted by atomic mass is 32.2. The minimum absolute atomic E-state index is 0.247. The van der Waals surface area contributed by atoms with Crippen molar-refractivity contribution in [1.82, 2.24) is 14.8 Å². The fraction of sp³-hybridized carbons (Fsp3) is 0.118. The van der Waals surface area contributed by atoms with Gasteiger partial charge >= 0.3 is 0 Å². The first kappa shape index (κ1) is 16.7. The molecule has 0 bridgehead atoms. The fourth-order valence-corrected chi connectivity index (χ4v) is 3.01. The van der Waals surface area contributed by atoms with Crippen molar-refractivity contribution in [3.63, 3.8) is 0 Å². The SMILES string of the molecule is CN=[S-](=O)c1ccc(-n2[nH]c(C)c(-c3ccc(C#N)cc3)c2=O)nc1. The Hall–Kier alpha value is -3.18. The van der Waals surface area contributed by atoms with Crippen LogP contribution in [0.2, 0.25) is 0 Å². The van der Waals surface area contributed by atoms with E-state index in [1.165, 1.54) is 17.9 Å². The quantitative estimate of drug-likeness (QED) is 0.731. The standard InChI is InChI=1S/C17H14N5O2S/c1-11-16(13-5-3-12(9-18)4-6-13)17(23)22(21-11)15-8-7-14(10-20-15)25(24)19-2/h3-8,10,21H,1-2H3/q-1. The highest BCUT2D eigenvalue weighted by Gasteiger charge is 2.14. The van der Waals surface area contributed by atoms with Gasteiger partial charge in [0.15, 0.2) is 5.82 Å². The molecule has 0 aliphatic rings.